The van der Waals surface area contributed by atoms with Crippen LogP contribution >= 0.6 is 0 Å². The van der Waals surface area contributed by atoms with Crippen molar-refractivity contribution < 1.29 is 27.2 Å². The van der Waals surface area contributed by atoms with E-state index in [-0.39, 0.29) is 35.6 Å². The molecule has 0 radical (unpaired) electrons. The number of aromatic nitrogens is 2. The molecular weight excluding hydrogens is 490 g/mol. The molecule has 1 N–H and O–H groups in total. The second kappa shape index (κ2) is 8.03. The Morgan fingerprint density at radius 1 is 0.892 bits per heavy atom. The summed E-state index contributed by atoms with van der Waals surface area (Å²) >= 11 is 0. The van der Waals surface area contributed by atoms with Crippen molar-refractivity contribution in [3.8, 4) is 5.69 Å². The number of aryl methyl sites for hydroxylation is 1. The van der Waals surface area contributed by atoms with Crippen molar-refractivity contribution in [2.75, 3.05) is 4.90 Å². The molecule has 0 spiro atoms. The number of anilines is 1. The van der Waals surface area contributed by atoms with Crippen LogP contribution in [0.3, 0.4) is 0 Å². The maximum Gasteiger partial charge on any atom is 0.411 e. The highest BCUT2D eigenvalue weighted by atomic mass is 19.4. The number of halogens is 4. The largest absolute Gasteiger partial charge is 0.411 e. The zero-order valence-electron chi connectivity index (χ0n) is 20.2. The standard InChI is InChI=1S/C27H23F4N3O3/c1-15-21(23(36)34(32-15)18-7-5-4-6-8-18)26(27(29,30)31)22-19(13-25(2,3)14-20(22)35)33(24(26)37)17-11-9-16(28)10-12-17/h4-12,32H,13-14H2,1-3H3/t26-/m1/s1. The Hall–Kier alpha value is -3.95. The Kier molecular flexibility index (Phi) is 5.36. The van der Waals surface area contributed by atoms with Gasteiger partial charge >= 0.3 is 6.18 Å². The third-order valence-electron chi connectivity index (χ3n) is 6.99. The first kappa shape index (κ1) is 24.7. The molecule has 3 aromatic rings. The Bertz CT molecular complexity index is 1510. The number of nitrogens with zero attached hydrogens (tertiary/aromatic N) is 2. The molecule has 192 valence electrons. The average Bonchev–Trinajstić information content (AvgIpc) is 3.24. The summed E-state index contributed by atoms with van der Waals surface area (Å²) in [6.07, 6.45) is -5.59. The van der Waals surface area contributed by atoms with Crippen molar-refractivity contribution >= 4 is 17.4 Å². The lowest BCUT2D eigenvalue weighted by atomic mass is 9.66. The predicted molar refractivity (Wildman–Crippen MR) is 128 cm³/mol. The van der Waals surface area contributed by atoms with Crippen LogP contribution in [0, 0.1) is 18.2 Å². The Balaban J connectivity index is 1.87. The Morgan fingerprint density at radius 2 is 1.51 bits per heavy atom. The molecule has 1 atom stereocenters. The van der Waals surface area contributed by atoms with Gasteiger partial charge in [-0.05, 0) is 55.2 Å². The topological polar surface area (TPSA) is 75.2 Å². The van der Waals surface area contributed by atoms with Crippen molar-refractivity contribution in [1.82, 2.24) is 9.78 Å². The van der Waals surface area contributed by atoms with Gasteiger partial charge in [-0.2, -0.15) is 13.2 Å². The molecule has 0 unspecified atom stereocenters. The van der Waals surface area contributed by atoms with Crippen LogP contribution in [0.5, 0.6) is 0 Å². The van der Waals surface area contributed by atoms with E-state index in [0.29, 0.717) is 0 Å². The van der Waals surface area contributed by atoms with Gasteiger partial charge < -0.3 is 0 Å². The number of ketones is 1. The number of carbonyl (C=O) groups excluding carboxylic acids is 2. The highest BCUT2D eigenvalue weighted by molar-refractivity contribution is 6.20. The van der Waals surface area contributed by atoms with Crippen LogP contribution < -0.4 is 10.5 Å². The fourth-order valence-corrected chi connectivity index (χ4v) is 5.55. The predicted octanol–water partition coefficient (Wildman–Crippen LogP) is 5.10. The smallest absolute Gasteiger partial charge is 0.295 e. The monoisotopic (exact) mass is 513 g/mol. The molecule has 37 heavy (non-hydrogen) atoms. The van der Waals surface area contributed by atoms with Crippen molar-refractivity contribution in [3.63, 3.8) is 0 Å². The van der Waals surface area contributed by atoms with E-state index >= 15 is 13.2 Å². The number of hydrogen-bond donors (Lipinski definition) is 1. The van der Waals surface area contributed by atoms with Crippen molar-refractivity contribution in [3.05, 3.63) is 93.3 Å². The van der Waals surface area contributed by atoms with Crippen LogP contribution in [-0.2, 0) is 15.0 Å². The summed E-state index contributed by atoms with van der Waals surface area (Å²) in [6.45, 7) is 4.72. The number of rotatable bonds is 3. The van der Waals surface area contributed by atoms with E-state index in [0.717, 1.165) is 21.7 Å². The molecule has 1 amide bonds. The van der Waals surface area contributed by atoms with Crippen LogP contribution in [0.1, 0.15) is 37.9 Å². The van der Waals surface area contributed by atoms with Crippen molar-refractivity contribution in [1.29, 1.82) is 0 Å². The van der Waals surface area contributed by atoms with Gasteiger partial charge in [0.1, 0.15) is 5.82 Å². The summed E-state index contributed by atoms with van der Waals surface area (Å²) in [6, 6.07) is 12.4. The first-order chi connectivity index (χ1) is 17.3. The molecule has 2 aromatic carbocycles. The quantitative estimate of drug-likeness (QED) is 0.495. The van der Waals surface area contributed by atoms with E-state index in [1.807, 2.05) is 0 Å². The molecule has 10 heteroatoms. The molecule has 2 aliphatic rings. The van der Waals surface area contributed by atoms with Crippen molar-refractivity contribution in [2.45, 2.75) is 45.2 Å². The third-order valence-corrected chi connectivity index (χ3v) is 6.99. The molecule has 0 saturated heterocycles. The molecule has 1 aromatic heterocycles. The molecule has 6 nitrogen and oxygen atoms in total. The zero-order valence-corrected chi connectivity index (χ0v) is 20.2. The SMILES string of the molecule is Cc1[nH]n(-c2ccccc2)c(=O)c1[C@]1(C(F)(F)F)C(=O)N(c2ccc(F)cc2)C2=C1C(=O)CC(C)(C)C2. The molecule has 1 aliphatic heterocycles. The van der Waals surface area contributed by atoms with E-state index in [1.54, 1.807) is 32.0 Å². The van der Waals surface area contributed by atoms with Gasteiger partial charge in [-0.1, -0.05) is 32.0 Å². The number of aromatic amines is 1. The molecule has 0 fully saturated rings. The third kappa shape index (κ3) is 3.49. The lowest BCUT2D eigenvalue weighted by Crippen LogP contribution is -2.55. The van der Waals surface area contributed by atoms with Crippen LogP contribution in [-0.4, -0.2) is 27.6 Å². The molecule has 5 rings (SSSR count). The number of nitrogens with one attached hydrogen (secondary N) is 1. The summed E-state index contributed by atoms with van der Waals surface area (Å²) in [5.41, 5.74) is -7.01. The zero-order chi connectivity index (χ0) is 26.9. The first-order valence-corrected chi connectivity index (χ1v) is 11.6. The minimum absolute atomic E-state index is 0.0212. The molecule has 0 bridgehead atoms. The maximum absolute atomic E-state index is 15.4. The molecule has 2 heterocycles. The summed E-state index contributed by atoms with van der Waals surface area (Å²) in [5, 5.41) is 2.66. The first-order valence-electron chi connectivity index (χ1n) is 11.6. The highest BCUT2D eigenvalue weighted by Crippen LogP contribution is 2.58. The van der Waals surface area contributed by atoms with Gasteiger partial charge in [0.2, 0.25) is 5.41 Å². The van der Waals surface area contributed by atoms with E-state index in [1.165, 1.54) is 31.2 Å². The minimum atomic E-state index is -5.34. The van der Waals surface area contributed by atoms with Gasteiger partial charge in [0.15, 0.2) is 5.78 Å². The lowest BCUT2D eigenvalue weighted by Gasteiger charge is -2.35. The number of amides is 1. The van der Waals surface area contributed by atoms with E-state index in [4.69, 9.17) is 0 Å². The van der Waals surface area contributed by atoms with E-state index < -0.39 is 51.2 Å². The second-order valence-corrected chi connectivity index (χ2v) is 10.2. The van der Waals surface area contributed by atoms with Crippen molar-refractivity contribution in [2.24, 2.45) is 5.41 Å². The minimum Gasteiger partial charge on any atom is -0.295 e. The van der Waals surface area contributed by atoms with Crippen LogP contribution in [0.2, 0.25) is 0 Å². The Labute approximate surface area is 209 Å². The van der Waals surface area contributed by atoms with Crippen LogP contribution in [0.25, 0.3) is 5.69 Å². The normalized spacial score (nSPS) is 21.5. The van der Waals surface area contributed by atoms with Gasteiger partial charge in [-0.3, -0.25) is 24.4 Å². The number of Topliss-reactive ketones (excluding diaryl/α,β-unsaturated/α-hetero) is 1. The highest BCUT2D eigenvalue weighted by Gasteiger charge is 2.73. The van der Waals surface area contributed by atoms with E-state index in [2.05, 4.69) is 5.10 Å². The molecular formula is C27H23F4N3O3. The van der Waals surface area contributed by atoms with Gasteiger partial charge in [0.05, 0.1) is 11.3 Å². The summed E-state index contributed by atoms with van der Waals surface area (Å²) in [5.74, 6) is -2.98. The number of benzene rings is 2. The Morgan fingerprint density at radius 3 is 2.11 bits per heavy atom. The number of alkyl halides is 3. The maximum atomic E-state index is 15.4. The number of carbonyl (C=O) groups is 2. The van der Waals surface area contributed by atoms with Crippen LogP contribution in [0.15, 0.2) is 70.7 Å². The summed E-state index contributed by atoms with van der Waals surface area (Å²) < 4.78 is 60.7. The van der Waals surface area contributed by atoms with Crippen LogP contribution in [0.4, 0.5) is 23.2 Å². The fraction of sp³-hybridized carbons (Fsp3) is 0.296. The van der Waals surface area contributed by atoms with Gasteiger partial charge in [-0.25, -0.2) is 9.07 Å². The second-order valence-electron chi connectivity index (χ2n) is 10.2. The number of para-hydroxylation sites is 1. The van der Waals surface area contributed by atoms with Gasteiger partial charge in [-0.15, -0.1) is 0 Å². The lowest BCUT2D eigenvalue weighted by molar-refractivity contribution is -0.184. The number of allylic oxidation sites excluding steroid dienone is 1. The number of H-pyrrole nitrogens is 1. The van der Waals surface area contributed by atoms with Gasteiger partial charge in [0.25, 0.3) is 11.5 Å². The molecule has 1 aliphatic carbocycles. The van der Waals surface area contributed by atoms with E-state index in [9.17, 15) is 18.8 Å². The average molecular weight is 513 g/mol. The number of hydrogen-bond acceptors (Lipinski definition) is 3. The molecule has 0 saturated carbocycles. The summed E-state index contributed by atoms with van der Waals surface area (Å²) in [7, 11) is 0. The fourth-order valence-electron chi connectivity index (χ4n) is 5.55. The van der Waals surface area contributed by atoms with Gasteiger partial charge in [0, 0.05) is 29.1 Å². The summed E-state index contributed by atoms with van der Waals surface area (Å²) in [4.78, 5) is 42.1.